The zero-order valence-corrected chi connectivity index (χ0v) is 14.9. The molecule has 2 heterocycles. The Labute approximate surface area is 151 Å². The Morgan fingerprint density at radius 1 is 1.08 bits per heavy atom. The number of benzene rings is 2. The van der Waals surface area contributed by atoms with Crippen LogP contribution in [0.1, 0.15) is 18.2 Å². The summed E-state index contributed by atoms with van der Waals surface area (Å²) in [5, 5.41) is 0. The summed E-state index contributed by atoms with van der Waals surface area (Å²) in [6.45, 7) is 1.15. The van der Waals surface area contributed by atoms with Gasteiger partial charge in [0.15, 0.2) is 9.84 Å². The van der Waals surface area contributed by atoms with Crippen LogP contribution in [0.5, 0.6) is 0 Å². The Kier molecular flexibility index (Phi) is 4.24. The molecule has 2 aromatic carbocycles. The summed E-state index contributed by atoms with van der Waals surface area (Å²) in [6.07, 6.45) is 0.00405. The van der Waals surface area contributed by atoms with Crippen molar-refractivity contribution in [2.24, 2.45) is 0 Å². The number of likely N-dealkylation sites (tertiary alicyclic amines) is 1. The molecular formula is C19H19N3O3S. The highest BCUT2D eigenvalue weighted by Crippen LogP contribution is 2.27. The lowest BCUT2D eigenvalue weighted by atomic mass is 9.99. The van der Waals surface area contributed by atoms with Crippen molar-refractivity contribution in [1.82, 2.24) is 14.9 Å². The molecule has 0 spiro atoms. The maximum absolute atomic E-state index is 12.3. The molecule has 1 fully saturated rings. The maximum atomic E-state index is 12.3. The number of nitrogens with one attached hydrogen (secondary N) is 1. The van der Waals surface area contributed by atoms with Gasteiger partial charge in [-0.1, -0.05) is 30.3 Å². The Morgan fingerprint density at radius 3 is 2.50 bits per heavy atom. The number of nitrogens with zero attached hydrogens (tertiary/aromatic N) is 2. The van der Waals surface area contributed by atoms with Crippen molar-refractivity contribution >= 4 is 26.8 Å². The third-order valence-electron chi connectivity index (χ3n) is 4.72. The summed E-state index contributed by atoms with van der Waals surface area (Å²) in [5.41, 5.74) is 1.91. The number of rotatable bonds is 5. The monoisotopic (exact) mass is 369 g/mol. The van der Waals surface area contributed by atoms with Gasteiger partial charge < -0.3 is 9.88 Å². The number of aromatic amines is 1. The highest BCUT2D eigenvalue weighted by atomic mass is 32.2. The van der Waals surface area contributed by atoms with E-state index in [0.29, 0.717) is 13.1 Å². The van der Waals surface area contributed by atoms with E-state index in [4.69, 9.17) is 0 Å². The number of H-pyrrole nitrogens is 1. The predicted octanol–water partition coefficient (Wildman–Crippen LogP) is 2.35. The van der Waals surface area contributed by atoms with Crippen LogP contribution in [0.4, 0.5) is 0 Å². The molecule has 134 valence electrons. The maximum Gasteiger partial charge on any atom is 0.223 e. The van der Waals surface area contributed by atoms with E-state index in [2.05, 4.69) is 9.97 Å². The van der Waals surface area contributed by atoms with Gasteiger partial charge in [0.25, 0.3) is 0 Å². The van der Waals surface area contributed by atoms with Gasteiger partial charge in [-0.05, 0) is 24.3 Å². The Hall–Kier alpha value is -2.67. The van der Waals surface area contributed by atoms with Gasteiger partial charge in [-0.25, -0.2) is 13.4 Å². The molecule has 0 saturated carbocycles. The molecule has 0 bridgehead atoms. The van der Waals surface area contributed by atoms with Crippen molar-refractivity contribution in [3.8, 4) is 0 Å². The normalized spacial score (nSPS) is 15.2. The average Bonchev–Trinajstić information content (AvgIpc) is 3.03. The lowest BCUT2D eigenvalue weighted by Gasteiger charge is -2.38. The van der Waals surface area contributed by atoms with Gasteiger partial charge in [0, 0.05) is 19.5 Å². The van der Waals surface area contributed by atoms with Crippen LogP contribution in [0, 0.1) is 0 Å². The van der Waals surface area contributed by atoms with Gasteiger partial charge in [0.05, 0.1) is 27.6 Å². The first kappa shape index (κ1) is 16.8. The van der Waals surface area contributed by atoms with Crippen LogP contribution >= 0.6 is 0 Å². The lowest BCUT2D eigenvalue weighted by Crippen LogP contribution is -2.49. The first-order valence-electron chi connectivity index (χ1n) is 8.53. The lowest BCUT2D eigenvalue weighted by molar-refractivity contribution is -0.135. The summed E-state index contributed by atoms with van der Waals surface area (Å²) in [6, 6.07) is 16.1. The van der Waals surface area contributed by atoms with Crippen LogP contribution in [0.2, 0.25) is 0 Å². The van der Waals surface area contributed by atoms with Crippen molar-refractivity contribution in [2.75, 3.05) is 18.8 Å². The molecule has 1 aromatic heterocycles. The zero-order valence-electron chi connectivity index (χ0n) is 14.1. The van der Waals surface area contributed by atoms with Crippen LogP contribution in [0.3, 0.4) is 0 Å². The third kappa shape index (κ3) is 3.22. The summed E-state index contributed by atoms with van der Waals surface area (Å²) in [5.74, 6) is 0.767. The van der Waals surface area contributed by atoms with Crippen molar-refractivity contribution in [1.29, 1.82) is 0 Å². The standard InChI is InChI=1S/C19H19N3O3S/c23-18(10-11-26(24,25)15-6-2-1-3-7-15)22-12-14(13-22)19-20-16-8-4-5-9-17(16)21-19/h1-9,14H,10-13H2,(H,20,21). The molecule has 1 N–H and O–H groups in total. The Morgan fingerprint density at radius 2 is 1.77 bits per heavy atom. The van der Waals surface area contributed by atoms with Crippen LogP contribution in [0.25, 0.3) is 11.0 Å². The smallest absolute Gasteiger partial charge is 0.223 e. The summed E-state index contributed by atoms with van der Waals surface area (Å²) < 4.78 is 24.5. The highest BCUT2D eigenvalue weighted by molar-refractivity contribution is 7.91. The fourth-order valence-electron chi connectivity index (χ4n) is 3.15. The van der Waals surface area contributed by atoms with E-state index in [1.807, 2.05) is 24.3 Å². The number of hydrogen-bond acceptors (Lipinski definition) is 4. The summed E-state index contributed by atoms with van der Waals surface area (Å²) in [7, 11) is -3.42. The van der Waals surface area contributed by atoms with Crippen LogP contribution in [-0.2, 0) is 14.6 Å². The minimum absolute atomic E-state index is 0.00405. The molecule has 0 radical (unpaired) electrons. The van der Waals surface area contributed by atoms with E-state index in [1.165, 1.54) is 0 Å². The Balaban J connectivity index is 1.33. The minimum Gasteiger partial charge on any atom is -0.342 e. The van der Waals surface area contributed by atoms with Crippen molar-refractivity contribution in [3.05, 3.63) is 60.4 Å². The van der Waals surface area contributed by atoms with Gasteiger partial charge in [-0.3, -0.25) is 4.79 Å². The summed E-state index contributed by atoms with van der Waals surface area (Å²) >= 11 is 0. The predicted molar refractivity (Wildman–Crippen MR) is 98.5 cm³/mol. The topological polar surface area (TPSA) is 83.1 Å². The van der Waals surface area contributed by atoms with Crippen LogP contribution < -0.4 is 0 Å². The van der Waals surface area contributed by atoms with E-state index < -0.39 is 9.84 Å². The van der Waals surface area contributed by atoms with Gasteiger partial charge >= 0.3 is 0 Å². The van der Waals surface area contributed by atoms with Crippen LogP contribution in [-0.4, -0.2) is 48.0 Å². The molecule has 1 saturated heterocycles. The van der Waals surface area contributed by atoms with Crippen molar-refractivity contribution in [3.63, 3.8) is 0 Å². The number of carbonyl (C=O) groups is 1. The number of imidazole rings is 1. The number of amides is 1. The average molecular weight is 369 g/mol. The van der Waals surface area contributed by atoms with E-state index in [-0.39, 0.29) is 28.9 Å². The van der Waals surface area contributed by atoms with E-state index in [1.54, 1.807) is 35.2 Å². The SMILES string of the molecule is O=C(CCS(=O)(=O)c1ccccc1)N1CC(c2nc3ccccc3[nH]2)C1. The molecule has 0 aliphatic carbocycles. The van der Waals surface area contributed by atoms with Gasteiger partial charge in [-0.15, -0.1) is 0 Å². The number of sulfone groups is 1. The van der Waals surface area contributed by atoms with Gasteiger partial charge in [0.2, 0.25) is 5.91 Å². The molecule has 1 aliphatic heterocycles. The van der Waals surface area contributed by atoms with E-state index >= 15 is 0 Å². The quantitative estimate of drug-likeness (QED) is 0.748. The Bertz CT molecular complexity index is 1010. The second-order valence-electron chi connectivity index (χ2n) is 6.52. The zero-order chi connectivity index (χ0) is 18.1. The van der Waals surface area contributed by atoms with Crippen molar-refractivity contribution < 1.29 is 13.2 Å². The molecule has 26 heavy (non-hydrogen) atoms. The second-order valence-corrected chi connectivity index (χ2v) is 8.63. The number of carbonyl (C=O) groups excluding carboxylic acids is 1. The molecule has 0 atom stereocenters. The first-order chi connectivity index (χ1) is 12.5. The van der Waals surface area contributed by atoms with E-state index in [9.17, 15) is 13.2 Å². The van der Waals surface area contributed by atoms with Gasteiger partial charge in [-0.2, -0.15) is 0 Å². The number of fused-ring (bicyclic) bond motifs is 1. The van der Waals surface area contributed by atoms with Crippen molar-refractivity contribution in [2.45, 2.75) is 17.2 Å². The molecule has 1 aliphatic rings. The molecule has 1 amide bonds. The second kappa shape index (κ2) is 6.57. The fraction of sp³-hybridized carbons (Fsp3) is 0.263. The first-order valence-corrected chi connectivity index (χ1v) is 10.2. The minimum atomic E-state index is -3.42. The molecule has 6 nitrogen and oxygen atoms in total. The molecule has 4 rings (SSSR count). The largest absolute Gasteiger partial charge is 0.342 e. The fourth-order valence-corrected chi connectivity index (χ4v) is 4.40. The molecule has 3 aromatic rings. The van der Waals surface area contributed by atoms with E-state index in [0.717, 1.165) is 16.9 Å². The summed E-state index contributed by atoms with van der Waals surface area (Å²) in [4.78, 5) is 22.1. The highest BCUT2D eigenvalue weighted by Gasteiger charge is 2.34. The van der Waals surface area contributed by atoms with Crippen LogP contribution in [0.15, 0.2) is 59.5 Å². The van der Waals surface area contributed by atoms with Gasteiger partial charge in [0.1, 0.15) is 5.82 Å². The third-order valence-corrected chi connectivity index (χ3v) is 6.45. The molecule has 0 unspecified atom stereocenters. The molecule has 7 heteroatoms. The number of aromatic nitrogens is 2. The number of para-hydroxylation sites is 2. The number of hydrogen-bond donors (Lipinski definition) is 1. The molecular weight excluding hydrogens is 350 g/mol.